The highest BCUT2D eigenvalue weighted by Gasteiger charge is 2.55. The first-order valence-electron chi connectivity index (χ1n) is 8.45. The van der Waals surface area contributed by atoms with E-state index in [0.717, 1.165) is 19.3 Å². The second kappa shape index (κ2) is 6.16. The summed E-state index contributed by atoms with van der Waals surface area (Å²) in [5.74, 6) is 0.321. The SMILES string of the molecule is C=C(CCC=C(C)C)C1CC2C=C(C(C)C)C1C(=O)C2(C)O. The minimum Gasteiger partial charge on any atom is -0.382 e. The van der Waals surface area contributed by atoms with E-state index in [2.05, 4.69) is 46.4 Å². The Labute approximate surface area is 135 Å². The lowest BCUT2D eigenvalue weighted by Gasteiger charge is -2.50. The second-order valence-corrected chi connectivity index (χ2v) is 7.74. The molecule has 0 aliphatic heterocycles. The fourth-order valence-corrected chi connectivity index (χ4v) is 3.95. The van der Waals surface area contributed by atoms with Gasteiger partial charge in [0.25, 0.3) is 0 Å². The van der Waals surface area contributed by atoms with Crippen LogP contribution in [0.15, 0.2) is 35.5 Å². The molecule has 0 aromatic rings. The molecule has 2 nitrogen and oxygen atoms in total. The van der Waals surface area contributed by atoms with Crippen molar-refractivity contribution in [3.63, 3.8) is 0 Å². The van der Waals surface area contributed by atoms with Gasteiger partial charge in [-0.15, -0.1) is 0 Å². The van der Waals surface area contributed by atoms with E-state index in [9.17, 15) is 9.90 Å². The van der Waals surface area contributed by atoms with Crippen molar-refractivity contribution in [3.8, 4) is 0 Å². The molecule has 3 rings (SSSR count). The monoisotopic (exact) mass is 302 g/mol. The summed E-state index contributed by atoms with van der Waals surface area (Å²) in [6, 6.07) is 0. The first kappa shape index (κ1) is 17.2. The molecule has 2 heteroatoms. The van der Waals surface area contributed by atoms with Crippen LogP contribution in [0.2, 0.25) is 0 Å². The molecule has 1 N–H and O–H groups in total. The minimum absolute atomic E-state index is 0.00307. The van der Waals surface area contributed by atoms with Crippen molar-refractivity contribution < 1.29 is 9.90 Å². The lowest BCUT2D eigenvalue weighted by Crippen LogP contribution is -2.57. The third kappa shape index (κ3) is 2.99. The molecule has 0 amide bonds. The van der Waals surface area contributed by atoms with Gasteiger partial charge in [-0.1, -0.05) is 49.3 Å². The molecule has 4 unspecified atom stereocenters. The maximum atomic E-state index is 12.8. The number of allylic oxidation sites excluding steroid dienone is 4. The van der Waals surface area contributed by atoms with E-state index in [4.69, 9.17) is 0 Å². The summed E-state index contributed by atoms with van der Waals surface area (Å²) in [7, 11) is 0. The Morgan fingerprint density at radius 3 is 2.64 bits per heavy atom. The third-order valence-corrected chi connectivity index (χ3v) is 5.38. The van der Waals surface area contributed by atoms with Crippen LogP contribution >= 0.6 is 0 Å². The Kier molecular flexibility index (Phi) is 4.81. The zero-order valence-electron chi connectivity index (χ0n) is 14.6. The number of hydrogen-bond acceptors (Lipinski definition) is 2. The number of hydrogen-bond donors (Lipinski definition) is 1. The van der Waals surface area contributed by atoms with Crippen molar-refractivity contribution >= 4 is 5.78 Å². The number of ketones is 1. The summed E-state index contributed by atoms with van der Waals surface area (Å²) in [5.41, 5.74) is 2.50. The van der Waals surface area contributed by atoms with Gasteiger partial charge in [-0.3, -0.25) is 4.79 Å². The summed E-state index contributed by atoms with van der Waals surface area (Å²) in [4.78, 5) is 12.8. The van der Waals surface area contributed by atoms with E-state index >= 15 is 0 Å². The van der Waals surface area contributed by atoms with Crippen LogP contribution in [0.25, 0.3) is 0 Å². The molecular weight excluding hydrogens is 272 g/mol. The Bertz CT molecular complexity index is 530. The van der Waals surface area contributed by atoms with Gasteiger partial charge in [-0.05, 0) is 51.9 Å². The highest BCUT2D eigenvalue weighted by molar-refractivity contribution is 5.94. The van der Waals surface area contributed by atoms with E-state index in [1.807, 2.05) is 0 Å². The molecule has 0 saturated heterocycles. The fourth-order valence-electron chi connectivity index (χ4n) is 3.95. The normalized spacial score (nSPS) is 33.9. The van der Waals surface area contributed by atoms with Crippen LogP contribution in [0.3, 0.4) is 0 Å². The first-order valence-corrected chi connectivity index (χ1v) is 8.45. The van der Waals surface area contributed by atoms with Gasteiger partial charge in [0.15, 0.2) is 5.78 Å². The highest BCUT2D eigenvalue weighted by atomic mass is 16.3. The third-order valence-electron chi connectivity index (χ3n) is 5.38. The predicted octanol–water partition coefficient (Wildman–Crippen LogP) is 4.46. The molecule has 122 valence electrons. The van der Waals surface area contributed by atoms with Crippen molar-refractivity contribution in [2.24, 2.45) is 23.7 Å². The largest absolute Gasteiger partial charge is 0.382 e. The zero-order chi connectivity index (χ0) is 16.7. The van der Waals surface area contributed by atoms with Crippen LogP contribution in [-0.2, 0) is 4.79 Å². The van der Waals surface area contributed by atoms with Gasteiger partial charge in [-0.2, -0.15) is 0 Å². The van der Waals surface area contributed by atoms with Crippen LogP contribution in [0, 0.1) is 23.7 Å². The van der Waals surface area contributed by atoms with E-state index in [0.29, 0.717) is 5.92 Å². The molecule has 1 saturated carbocycles. The Hall–Kier alpha value is -1.15. The quantitative estimate of drug-likeness (QED) is 0.761. The number of carbonyl (C=O) groups is 1. The molecule has 1 fully saturated rings. The molecule has 22 heavy (non-hydrogen) atoms. The van der Waals surface area contributed by atoms with Crippen molar-refractivity contribution in [1.82, 2.24) is 0 Å². The molecule has 0 heterocycles. The highest BCUT2D eigenvalue weighted by Crippen LogP contribution is 2.51. The van der Waals surface area contributed by atoms with Gasteiger partial charge in [-0.25, -0.2) is 0 Å². The van der Waals surface area contributed by atoms with Crippen LogP contribution in [0.1, 0.15) is 53.9 Å². The van der Waals surface area contributed by atoms with Gasteiger partial charge >= 0.3 is 0 Å². The van der Waals surface area contributed by atoms with E-state index in [1.54, 1.807) is 6.92 Å². The standard InChI is InChI=1S/C20H30O2/c1-12(2)8-7-9-14(5)17-11-15-10-16(13(3)4)18(17)19(21)20(15,6)22/h8,10,13,15,17-18,22H,5,7,9,11H2,1-4,6H3. The van der Waals surface area contributed by atoms with Crippen LogP contribution in [0.5, 0.6) is 0 Å². The van der Waals surface area contributed by atoms with Crippen molar-refractivity contribution in [2.45, 2.75) is 59.5 Å². The van der Waals surface area contributed by atoms with E-state index in [1.165, 1.54) is 16.7 Å². The molecule has 3 aliphatic rings. The first-order chi connectivity index (χ1) is 10.2. The average Bonchev–Trinajstić information content (AvgIpc) is 2.42. The van der Waals surface area contributed by atoms with Gasteiger partial charge in [0.05, 0.1) is 0 Å². The summed E-state index contributed by atoms with van der Waals surface area (Å²) in [5, 5.41) is 10.5. The molecule has 2 bridgehead atoms. The molecular formula is C20H30O2. The van der Waals surface area contributed by atoms with Crippen LogP contribution in [0.4, 0.5) is 0 Å². The lowest BCUT2D eigenvalue weighted by molar-refractivity contribution is -0.152. The summed E-state index contributed by atoms with van der Waals surface area (Å²) < 4.78 is 0. The molecule has 0 radical (unpaired) electrons. The van der Waals surface area contributed by atoms with Crippen molar-refractivity contribution in [3.05, 3.63) is 35.5 Å². The minimum atomic E-state index is -1.19. The van der Waals surface area contributed by atoms with Crippen molar-refractivity contribution in [1.29, 1.82) is 0 Å². The van der Waals surface area contributed by atoms with Gasteiger partial charge in [0.1, 0.15) is 5.60 Å². The molecule has 3 aliphatic carbocycles. The maximum absolute atomic E-state index is 12.8. The number of aliphatic hydroxyl groups is 1. The van der Waals surface area contributed by atoms with Crippen molar-refractivity contribution in [2.75, 3.05) is 0 Å². The topological polar surface area (TPSA) is 37.3 Å². The maximum Gasteiger partial charge on any atom is 0.172 e. The summed E-state index contributed by atoms with van der Waals surface area (Å²) in [6.45, 7) is 14.4. The molecule has 0 aromatic heterocycles. The molecule has 0 aromatic carbocycles. The van der Waals surface area contributed by atoms with Gasteiger partial charge in [0.2, 0.25) is 0 Å². The number of carbonyl (C=O) groups excluding carboxylic acids is 1. The van der Waals surface area contributed by atoms with E-state index in [-0.39, 0.29) is 23.5 Å². The van der Waals surface area contributed by atoms with Gasteiger partial charge < -0.3 is 5.11 Å². The molecule has 0 spiro atoms. The molecule has 4 atom stereocenters. The van der Waals surface area contributed by atoms with Crippen LogP contribution in [-0.4, -0.2) is 16.5 Å². The zero-order valence-corrected chi connectivity index (χ0v) is 14.6. The summed E-state index contributed by atoms with van der Waals surface area (Å²) >= 11 is 0. The Balaban J connectivity index is 2.22. The summed E-state index contributed by atoms with van der Waals surface area (Å²) in [6.07, 6.45) is 7.16. The average molecular weight is 302 g/mol. The lowest BCUT2D eigenvalue weighted by atomic mass is 9.55. The van der Waals surface area contributed by atoms with Crippen LogP contribution < -0.4 is 0 Å². The number of fused-ring (bicyclic) bond motifs is 2. The van der Waals surface area contributed by atoms with Gasteiger partial charge in [0, 0.05) is 11.8 Å². The smallest absolute Gasteiger partial charge is 0.172 e. The predicted molar refractivity (Wildman–Crippen MR) is 91.4 cm³/mol. The second-order valence-electron chi connectivity index (χ2n) is 7.74. The fraction of sp³-hybridized carbons (Fsp3) is 0.650. The number of rotatable bonds is 5. The Morgan fingerprint density at radius 2 is 2.14 bits per heavy atom. The number of Topliss-reactive ketones (excluding diaryl/α,β-unsaturated/α-hetero) is 1. The Morgan fingerprint density at radius 1 is 1.50 bits per heavy atom. The van der Waals surface area contributed by atoms with E-state index < -0.39 is 5.60 Å².